The zero-order chi connectivity index (χ0) is 23.5. The summed E-state index contributed by atoms with van der Waals surface area (Å²) in [7, 11) is 0. The molecule has 3 amide bonds. The van der Waals surface area contributed by atoms with Gasteiger partial charge in [-0.15, -0.1) is 0 Å². The van der Waals surface area contributed by atoms with Gasteiger partial charge in [-0.05, 0) is 51.2 Å². The molecule has 1 unspecified atom stereocenters. The summed E-state index contributed by atoms with van der Waals surface area (Å²) < 4.78 is 0. The lowest BCUT2D eigenvalue weighted by atomic mass is 9.80. The number of likely N-dealkylation sites (tertiary alicyclic amines) is 2. The Morgan fingerprint density at radius 2 is 1.66 bits per heavy atom. The molecule has 3 saturated heterocycles. The number of nitrogens with one attached hydrogen (secondary N) is 3. The van der Waals surface area contributed by atoms with Crippen LogP contribution in [0.25, 0.3) is 0 Å². The number of nitrogens with zero attached hydrogens (tertiary/aromatic N) is 2. The molecule has 3 rings (SSSR count). The maximum Gasteiger partial charge on any atom is 0.309 e. The number of hydrogen-bond acceptors (Lipinski definition) is 6. The Morgan fingerprint density at radius 1 is 1.03 bits per heavy atom. The third kappa shape index (κ3) is 5.23. The average molecular weight is 446 g/mol. The minimum Gasteiger partial charge on any atom is -0.481 e. The summed E-state index contributed by atoms with van der Waals surface area (Å²) in [5.74, 6) is -2.11. The quantitative estimate of drug-likeness (QED) is 0.281. The third-order valence-corrected chi connectivity index (χ3v) is 6.92. The fourth-order valence-electron chi connectivity index (χ4n) is 4.44. The van der Waals surface area contributed by atoms with Crippen LogP contribution in [0.15, 0.2) is 12.2 Å². The van der Waals surface area contributed by atoms with E-state index in [1.807, 2.05) is 4.90 Å². The van der Waals surface area contributed by atoms with Crippen molar-refractivity contribution in [1.29, 1.82) is 10.8 Å². The Morgan fingerprint density at radius 3 is 2.22 bits per heavy atom. The summed E-state index contributed by atoms with van der Waals surface area (Å²) in [5.41, 5.74) is -0.688. The lowest BCUT2D eigenvalue weighted by Crippen LogP contribution is -2.49. The maximum absolute atomic E-state index is 12.9. The number of carboxylic acids is 1. The van der Waals surface area contributed by atoms with Crippen molar-refractivity contribution in [3.05, 3.63) is 12.2 Å². The zero-order valence-corrected chi connectivity index (χ0v) is 18.4. The molecule has 174 valence electrons. The van der Waals surface area contributed by atoms with Gasteiger partial charge in [0, 0.05) is 44.2 Å². The Bertz CT molecular complexity index is 851. The number of amides is 3. The van der Waals surface area contributed by atoms with Gasteiger partial charge >= 0.3 is 5.97 Å². The number of hydrogen-bond donors (Lipinski definition) is 4. The van der Waals surface area contributed by atoms with Gasteiger partial charge in [-0.1, -0.05) is 0 Å². The number of carbonyl (C=O) groups is 4. The lowest BCUT2D eigenvalue weighted by molar-refractivity contribution is -0.154. The molecule has 3 aliphatic rings. The molecular weight excluding hydrogens is 414 g/mol. The van der Waals surface area contributed by atoms with Gasteiger partial charge in [-0.25, -0.2) is 0 Å². The van der Waals surface area contributed by atoms with Crippen molar-refractivity contribution < 1.29 is 24.3 Å². The molecule has 0 radical (unpaired) electrons. The number of carboxylic acid groups (broad SMARTS) is 1. The van der Waals surface area contributed by atoms with E-state index < -0.39 is 23.2 Å². The Hall–Kier alpha value is -3.04. The highest BCUT2D eigenvalue weighted by molar-refractivity contribution is 6.14. The van der Waals surface area contributed by atoms with Crippen LogP contribution >= 0.6 is 0 Å². The van der Waals surface area contributed by atoms with Crippen LogP contribution in [0, 0.1) is 28.1 Å². The van der Waals surface area contributed by atoms with Crippen molar-refractivity contribution in [2.24, 2.45) is 17.3 Å². The molecule has 4 N–H and O–H groups in total. The number of amidine groups is 1. The molecule has 0 aliphatic carbocycles. The summed E-state index contributed by atoms with van der Waals surface area (Å²) in [4.78, 5) is 51.0. The normalized spacial score (nSPS) is 24.3. The Balaban J connectivity index is 1.45. The number of allylic oxidation sites excluding steroid dienone is 1. The number of carbonyl (C=O) groups excluding carboxylic acids is 3. The van der Waals surface area contributed by atoms with Crippen LogP contribution < -0.4 is 5.32 Å². The number of imide groups is 1. The van der Waals surface area contributed by atoms with E-state index in [9.17, 15) is 24.3 Å². The van der Waals surface area contributed by atoms with Gasteiger partial charge in [0.15, 0.2) is 0 Å². The number of piperidine rings is 3. The Kier molecular flexibility index (Phi) is 7.10. The van der Waals surface area contributed by atoms with Gasteiger partial charge in [0.25, 0.3) is 0 Å². The average Bonchev–Trinajstić information content (AvgIpc) is 2.77. The molecule has 0 saturated carbocycles. The molecule has 3 heterocycles. The standard InChI is InChI=1S/C22H31N5O5/c1-22(21(31)32)8-12-27(13-9-22)20(30)14-6-10-26(11-7-14)17(24)4-3-16(23)15-2-5-18(28)25-19(15)29/h3-4,14-15,23-24H,2,5-13H2,1H3,(H,31,32)(H,25,28,29)/b4-3-,23-16?,24-17?. The fraction of sp³-hybridized carbons (Fsp3) is 0.636. The van der Waals surface area contributed by atoms with Gasteiger partial charge in [0.05, 0.1) is 11.3 Å². The molecule has 10 nitrogen and oxygen atoms in total. The summed E-state index contributed by atoms with van der Waals surface area (Å²) in [5, 5.41) is 27.9. The molecule has 0 aromatic heterocycles. The first-order valence-electron chi connectivity index (χ1n) is 11.1. The summed E-state index contributed by atoms with van der Waals surface area (Å²) in [6.45, 7) is 3.75. The molecule has 0 bridgehead atoms. The first-order valence-corrected chi connectivity index (χ1v) is 11.1. The molecule has 3 aliphatic heterocycles. The largest absolute Gasteiger partial charge is 0.481 e. The summed E-state index contributed by atoms with van der Waals surface area (Å²) in [6.07, 6.45) is 5.59. The van der Waals surface area contributed by atoms with E-state index >= 15 is 0 Å². The first kappa shape index (κ1) is 23.6. The zero-order valence-electron chi connectivity index (χ0n) is 18.4. The molecule has 10 heteroatoms. The second-order valence-corrected chi connectivity index (χ2v) is 9.13. The molecule has 0 aromatic carbocycles. The van der Waals surface area contributed by atoms with Crippen molar-refractivity contribution in [2.75, 3.05) is 26.2 Å². The van der Waals surface area contributed by atoms with Crippen molar-refractivity contribution in [3.8, 4) is 0 Å². The summed E-state index contributed by atoms with van der Waals surface area (Å²) >= 11 is 0. The third-order valence-electron chi connectivity index (χ3n) is 6.92. The fourth-order valence-corrected chi connectivity index (χ4v) is 4.44. The van der Waals surface area contributed by atoms with Gasteiger partial charge in [0.2, 0.25) is 17.7 Å². The van der Waals surface area contributed by atoms with E-state index in [0.29, 0.717) is 58.3 Å². The number of rotatable bonds is 5. The van der Waals surface area contributed by atoms with Crippen LogP contribution in [-0.2, 0) is 19.2 Å². The molecule has 0 aromatic rings. The van der Waals surface area contributed by atoms with Crippen LogP contribution in [0.2, 0.25) is 0 Å². The van der Waals surface area contributed by atoms with Gasteiger partial charge in [0.1, 0.15) is 5.84 Å². The molecule has 3 fully saturated rings. The first-order chi connectivity index (χ1) is 15.1. The van der Waals surface area contributed by atoms with Crippen LogP contribution in [0.5, 0.6) is 0 Å². The van der Waals surface area contributed by atoms with E-state index in [4.69, 9.17) is 10.8 Å². The van der Waals surface area contributed by atoms with Crippen LogP contribution in [0.4, 0.5) is 0 Å². The number of aliphatic carboxylic acids is 1. The topological polar surface area (TPSA) is 155 Å². The van der Waals surface area contributed by atoms with Gasteiger partial charge in [-0.3, -0.25) is 29.9 Å². The lowest BCUT2D eigenvalue weighted by Gasteiger charge is -2.39. The highest BCUT2D eigenvalue weighted by Crippen LogP contribution is 2.32. The predicted octanol–water partition coefficient (Wildman–Crippen LogP) is 1.02. The highest BCUT2D eigenvalue weighted by Gasteiger charge is 2.39. The van der Waals surface area contributed by atoms with Crippen LogP contribution in [0.1, 0.15) is 45.4 Å². The second kappa shape index (κ2) is 9.62. The van der Waals surface area contributed by atoms with E-state index in [1.54, 1.807) is 11.8 Å². The van der Waals surface area contributed by atoms with E-state index in [0.717, 1.165) is 0 Å². The van der Waals surface area contributed by atoms with Crippen molar-refractivity contribution >= 4 is 35.2 Å². The maximum atomic E-state index is 12.9. The Labute approximate surface area is 187 Å². The van der Waals surface area contributed by atoms with Crippen LogP contribution in [-0.4, -0.2) is 76.3 Å². The van der Waals surface area contributed by atoms with E-state index in [1.165, 1.54) is 12.2 Å². The predicted molar refractivity (Wildman–Crippen MR) is 116 cm³/mol. The monoisotopic (exact) mass is 445 g/mol. The summed E-state index contributed by atoms with van der Waals surface area (Å²) in [6, 6.07) is 0. The molecule has 32 heavy (non-hydrogen) atoms. The molecule has 1 atom stereocenters. The van der Waals surface area contributed by atoms with Crippen molar-refractivity contribution in [2.45, 2.75) is 45.4 Å². The molecular formula is C22H31N5O5. The smallest absolute Gasteiger partial charge is 0.309 e. The second-order valence-electron chi connectivity index (χ2n) is 9.13. The van der Waals surface area contributed by atoms with E-state index in [2.05, 4.69) is 5.32 Å². The van der Waals surface area contributed by atoms with Crippen molar-refractivity contribution in [3.63, 3.8) is 0 Å². The van der Waals surface area contributed by atoms with Crippen LogP contribution in [0.3, 0.4) is 0 Å². The molecule has 0 spiro atoms. The minimum absolute atomic E-state index is 0.0683. The van der Waals surface area contributed by atoms with Crippen molar-refractivity contribution in [1.82, 2.24) is 15.1 Å². The highest BCUT2D eigenvalue weighted by atomic mass is 16.4. The minimum atomic E-state index is -0.810. The SMILES string of the molecule is CC1(C(=O)O)CCN(C(=O)C2CCN(C(=N)/C=C\C(=N)C3CCC(=O)NC3=O)CC2)CC1. The van der Waals surface area contributed by atoms with Gasteiger partial charge in [-0.2, -0.15) is 0 Å². The van der Waals surface area contributed by atoms with E-state index in [-0.39, 0.29) is 35.7 Å². The van der Waals surface area contributed by atoms with Gasteiger partial charge < -0.3 is 20.3 Å².